The Balaban J connectivity index is 2.15. The Morgan fingerprint density at radius 1 is 1.35 bits per heavy atom. The van der Waals surface area contributed by atoms with Crippen molar-refractivity contribution in [1.29, 1.82) is 0 Å². The van der Waals surface area contributed by atoms with E-state index in [1.807, 2.05) is 0 Å². The number of nitrogens with two attached hydrogens (primary N) is 1. The van der Waals surface area contributed by atoms with Crippen molar-refractivity contribution >= 4 is 5.91 Å². The topological polar surface area (TPSA) is 55.1 Å². The Kier molecular flexibility index (Phi) is 6.56. The van der Waals surface area contributed by atoms with E-state index in [4.69, 9.17) is 5.73 Å². The van der Waals surface area contributed by atoms with Crippen molar-refractivity contribution in [2.45, 2.75) is 64.8 Å². The summed E-state index contributed by atoms with van der Waals surface area (Å²) < 4.78 is 0. The van der Waals surface area contributed by atoms with Gasteiger partial charge in [-0.15, -0.1) is 0 Å². The lowest BCUT2D eigenvalue weighted by molar-refractivity contribution is -0.122. The zero-order chi connectivity index (χ0) is 12.7. The fraction of sp³-hybridized carbons (Fsp3) is 0.929. The molecule has 3 nitrogen and oxygen atoms in total. The molecule has 0 aromatic rings. The maximum Gasteiger partial charge on any atom is 0.220 e. The average molecular weight is 240 g/mol. The van der Waals surface area contributed by atoms with Gasteiger partial charge in [0.1, 0.15) is 0 Å². The maximum atomic E-state index is 11.7. The number of carbonyl (C=O) groups excluding carboxylic acids is 1. The molecule has 1 atom stereocenters. The van der Waals surface area contributed by atoms with E-state index in [-0.39, 0.29) is 5.91 Å². The minimum Gasteiger partial charge on any atom is -0.353 e. The van der Waals surface area contributed by atoms with Gasteiger partial charge in [-0.1, -0.05) is 20.3 Å². The van der Waals surface area contributed by atoms with E-state index in [0.717, 1.165) is 25.2 Å². The van der Waals surface area contributed by atoms with Gasteiger partial charge >= 0.3 is 0 Å². The van der Waals surface area contributed by atoms with Crippen LogP contribution in [0.25, 0.3) is 0 Å². The smallest absolute Gasteiger partial charge is 0.220 e. The largest absolute Gasteiger partial charge is 0.353 e. The van der Waals surface area contributed by atoms with E-state index >= 15 is 0 Å². The molecule has 0 radical (unpaired) electrons. The second-order valence-corrected chi connectivity index (χ2v) is 5.57. The van der Waals surface area contributed by atoms with Gasteiger partial charge in [0.2, 0.25) is 5.91 Å². The highest BCUT2D eigenvalue weighted by Crippen LogP contribution is 2.26. The van der Waals surface area contributed by atoms with Gasteiger partial charge in [-0.25, -0.2) is 0 Å². The van der Waals surface area contributed by atoms with E-state index in [1.54, 1.807) is 0 Å². The summed E-state index contributed by atoms with van der Waals surface area (Å²) in [5.74, 6) is 1.56. The normalized spacial score (nSPS) is 26.5. The molecule has 1 amide bonds. The summed E-state index contributed by atoms with van der Waals surface area (Å²) in [7, 11) is 0. The van der Waals surface area contributed by atoms with Gasteiger partial charge in [-0.2, -0.15) is 0 Å². The minimum atomic E-state index is 0.213. The van der Waals surface area contributed by atoms with Gasteiger partial charge in [0.15, 0.2) is 0 Å². The first-order valence-electron chi connectivity index (χ1n) is 7.15. The third-order valence-corrected chi connectivity index (χ3v) is 4.06. The van der Waals surface area contributed by atoms with Gasteiger partial charge in [0, 0.05) is 12.5 Å². The predicted molar refractivity (Wildman–Crippen MR) is 71.6 cm³/mol. The average Bonchev–Trinajstić information content (AvgIpc) is 2.36. The fourth-order valence-corrected chi connectivity index (χ4v) is 2.51. The van der Waals surface area contributed by atoms with E-state index < -0.39 is 0 Å². The predicted octanol–water partition coefficient (Wildman–Crippen LogP) is 2.45. The molecular formula is C14H28N2O. The van der Waals surface area contributed by atoms with E-state index in [2.05, 4.69) is 19.2 Å². The molecule has 0 saturated heterocycles. The summed E-state index contributed by atoms with van der Waals surface area (Å²) in [6, 6.07) is 0.429. The van der Waals surface area contributed by atoms with Gasteiger partial charge in [0.25, 0.3) is 0 Å². The number of carbonyl (C=O) groups is 1. The number of rotatable bonds is 6. The van der Waals surface area contributed by atoms with Crippen LogP contribution in [0.2, 0.25) is 0 Å². The zero-order valence-electron chi connectivity index (χ0n) is 11.4. The molecule has 0 bridgehead atoms. The van der Waals surface area contributed by atoms with Crippen molar-refractivity contribution in [3.8, 4) is 0 Å². The van der Waals surface area contributed by atoms with E-state index in [0.29, 0.717) is 24.9 Å². The van der Waals surface area contributed by atoms with Gasteiger partial charge in [-0.3, -0.25) is 4.79 Å². The first-order chi connectivity index (χ1) is 8.15. The molecule has 17 heavy (non-hydrogen) atoms. The second kappa shape index (κ2) is 7.70. The van der Waals surface area contributed by atoms with Crippen molar-refractivity contribution in [3.63, 3.8) is 0 Å². The van der Waals surface area contributed by atoms with Crippen molar-refractivity contribution in [2.75, 3.05) is 6.54 Å². The monoisotopic (exact) mass is 240 g/mol. The van der Waals surface area contributed by atoms with Crippen molar-refractivity contribution < 1.29 is 4.79 Å². The molecule has 3 N–H and O–H groups in total. The van der Waals surface area contributed by atoms with Crippen molar-refractivity contribution in [1.82, 2.24) is 5.32 Å². The van der Waals surface area contributed by atoms with Crippen LogP contribution in [0.15, 0.2) is 0 Å². The summed E-state index contributed by atoms with van der Waals surface area (Å²) in [6.07, 6.45) is 7.71. The Bertz CT molecular complexity index is 222. The van der Waals surface area contributed by atoms with Crippen LogP contribution in [0.1, 0.15) is 58.8 Å². The molecule has 0 aromatic carbocycles. The second-order valence-electron chi connectivity index (χ2n) is 5.57. The Morgan fingerprint density at radius 3 is 2.53 bits per heavy atom. The summed E-state index contributed by atoms with van der Waals surface area (Å²) in [6.45, 7) is 5.03. The molecule has 1 aliphatic carbocycles. The molecule has 0 heterocycles. The fourth-order valence-electron chi connectivity index (χ4n) is 2.51. The highest BCUT2D eigenvalue weighted by Gasteiger charge is 2.21. The number of hydrogen-bond acceptors (Lipinski definition) is 2. The number of nitrogens with one attached hydrogen (secondary N) is 1. The third kappa shape index (κ3) is 5.53. The molecular weight excluding hydrogens is 212 g/mol. The quantitative estimate of drug-likeness (QED) is 0.749. The van der Waals surface area contributed by atoms with Crippen LogP contribution in [-0.2, 0) is 4.79 Å². The first kappa shape index (κ1) is 14.5. The number of hydrogen-bond donors (Lipinski definition) is 2. The summed E-state index contributed by atoms with van der Waals surface area (Å²) in [5.41, 5.74) is 5.54. The van der Waals surface area contributed by atoms with Crippen LogP contribution in [0.5, 0.6) is 0 Å². The molecule has 3 heteroatoms. The zero-order valence-corrected chi connectivity index (χ0v) is 11.4. The Hall–Kier alpha value is -0.570. The van der Waals surface area contributed by atoms with Crippen molar-refractivity contribution in [2.24, 2.45) is 17.6 Å². The lowest BCUT2D eigenvalue weighted by Crippen LogP contribution is -2.37. The molecule has 1 saturated carbocycles. The first-order valence-corrected chi connectivity index (χ1v) is 7.15. The van der Waals surface area contributed by atoms with Gasteiger partial charge < -0.3 is 11.1 Å². The highest BCUT2D eigenvalue weighted by atomic mass is 16.1. The third-order valence-electron chi connectivity index (χ3n) is 4.06. The molecule has 1 unspecified atom stereocenters. The molecule has 1 fully saturated rings. The summed E-state index contributed by atoms with van der Waals surface area (Å²) >= 11 is 0. The van der Waals surface area contributed by atoms with Gasteiger partial charge in [-0.05, 0) is 50.5 Å². The van der Waals surface area contributed by atoms with Crippen LogP contribution in [0.4, 0.5) is 0 Å². The van der Waals surface area contributed by atoms with Crippen LogP contribution in [-0.4, -0.2) is 18.5 Å². The molecule has 0 aromatic heterocycles. The van der Waals surface area contributed by atoms with Crippen molar-refractivity contribution in [3.05, 3.63) is 0 Å². The maximum absolute atomic E-state index is 11.7. The van der Waals surface area contributed by atoms with Crippen LogP contribution < -0.4 is 11.1 Å². The Labute approximate surface area is 106 Å². The summed E-state index contributed by atoms with van der Waals surface area (Å²) in [5, 5.41) is 3.16. The van der Waals surface area contributed by atoms with Crippen LogP contribution in [0, 0.1) is 11.8 Å². The Morgan fingerprint density at radius 2 is 2.00 bits per heavy atom. The van der Waals surface area contributed by atoms with E-state index in [1.165, 1.54) is 19.3 Å². The molecule has 0 aliphatic heterocycles. The minimum absolute atomic E-state index is 0.213. The molecule has 1 rings (SSSR count). The molecule has 0 spiro atoms. The molecule has 1 aliphatic rings. The molecule has 100 valence electrons. The lowest BCUT2D eigenvalue weighted by atomic mass is 9.84. The standard InChI is InChI=1S/C14H28N2O/c1-3-12-5-7-13(8-6-12)16-14(17)9-4-11(2)10-15/h11-13H,3-10,15H2,1-2H3,(H,16,17). The SMILES string of the molecule is CCC1CCC(NC(=O)CCC(C)CN)CC1. The highest BCUT2D eigenvalue weighted by molar-refractivity contribution is 5.76. The van der Waals surface area contributed by atoms with E-state index in [9.17, 15) is 4.79 Å². The number of amides is 1. The lowest BCUT2D eigenvalue weighted by Gasteiger charge is -2.28. The van der Waals surface area contributed by atoms with Gasteiger partial charge in [0.05, 0.1) is 0 Å². The van der Waals surface area contributed by atoms with Crippen LogP contribution in [0.3, 0.4) is 0 Å². The van der Waals surface area contributed by atoms with Crippen LogP contribution >= 0.6 is 0 Å². The summed E-state index contributed by atoms with van der Waals surface area (Å²) in [4.78, 5) is 11.7.